The van der Waals surface area contributed by atoms with E-state index in [2.05, 4.69) is 77.5 Å². The molecule has 4 heterocycles. The quantitative estimate of drug-likeness (QED) is 0.238. The number of allylic oxidation sites excluding steroid dienone is 4. The van der Waals surface area contributed by atoms with Crippen LogP contribution in [0.3, 0.4) is 0 Å². The molecule has 0 fully saturated rings. The number of nitrogens with zero attached hydrogens (tertiary/aromatic N) is 4. The molecule has 4 nitrogen and oxygen atoms in total. The minimum absolute atomic E-state index is 0. The SMILES string of the molecule is CCC1=C(C)C=N/C1=C/c1[n-]c(C)c(CCCCC2=C(C)/C(=C/c3[n-]cc(C)c3CC)N=C2C)c1C.[Zn+2]. The summed E-state index contributed by atoms with van der Waals surface area (Å²) in [5.41, 5.74) is 17.2. The summed E-state index contributed by atoms with van der Waals surface area (Å²) in [4.78, 5) is 19.0. The van der Waals surface area contributed by atoms with E-state index in [0.29, 0.717) is 0 Å². The third-order valence-corrected chi connectivity index (χ3v) is 7.85. The third kappa shape index (κ3) is 5.98. The molecule has 0 N–H and O–H groups in total. The first-order valence-electron chi connectivity index (χ1n) is 13.4. The number of aryl methyl sites for hydroxylation is 2. The Morgan fingerprint density at radius 1 is 0.811 bits per heavy atom. The summed E-state index contributed by atoms with van der Waals surface area (Å²) in [5, 5.41) is 0. The Hall–Kier alpha value is -2.52. The standard InChI is InChI=1S/C32H40N4.Zn/c1-9-25-19(3)17-33-31(25)15-29-21(5)27(23(7)35-29)13-11-12-14-28-22(6)30(36-24(28)8)16-32-26(10-2)20(4)18-34-32;/h15-18H,9-14H2,1-8H3;/q-2;+2/b29-15-,32-16+;. The van der Waals surface area contributed by atoms with Gasteiger partial charge in [0.15, 0.2) is 0 Å². The Bertz CT molecular complexity index is 1350. The molecule has 0 aliphatic carbocycles. The fourth-order valence-electron chi connectivity index (χ4n) is 5.61. The van der Waals surface area contributed by atoms with Crippen LogP contribution in [-0.4, -0.2) is 11.9 Å². The van der Waals surface area contributed by atoms with Crippen molar-refractivity contribution in [3.63, 3.8) is 0 Å². The molecule has 0 radical (unpaired) electrons. The summed E-state index contributed by atoms with van der Waals surface area (Å²) in [5.74, 6) is 0. The maximum Gasteiger partial charge on any atom is 2.00 e. The van der Waals surface area contributed by atoms with Gasteiger partial charge in [-0.25, -0.2) is 0 Å². The van der Waals surface area contributed by atoms with Gasteiger partial charge in [-0.05, 0) is 95.4 Å². The van der Waals surface area contributed by atoms with Crippen LogP contribution in [0.5, 0.6) is 0 Å². The zero-order valence-electron chi connectivity index (χ0n) is 24.0. The molecule has 2 aliphatic rings. The van der Waals surface area contributed by atoms with Crippen LogP contribution in [-0.2, 0) is 32.3 Å². The second kappa shape index (κ2) is 12.4. The summed E-state index contributed by atoms with van der Waals surface area (Å²) in [6.45, 7) is 17.4. The molecule has 0 unspecified atom stereocenters. The van der Waals surface area contributed by atoms with E-state index in [9.17, 15) is 0 Å². The van der Waals surface area contributed by atoms with E-state index in [-0.39, 0.29) is 19.5 Å². The molecule has 0 saturated heterocycles. The van der Waals surface area contributed by atoms with Crippen LogP contribution >= 0.6 is 0 Å². The van der Waals surface area contributed by atoms with Crippen molar-refractivity contribution >= 4 is 24.1 Å². The first-order valence-corrected chi connectivity index (χ1v) is 13.4. The van der Waals surface area contributed by atoms with Crippen LogP contribution in [0.1, 0.15) is 99.6 Å². The van der Waals surface area contributed by atoms with Gasteiger partial charge in [-0.3, -0.25) is 9.98 Å². The molecule has 0 bridgehead atoms. The van der Waals surface area contributed by atoms with Gasteiger partial charge in [0.2, 0.25) is 0 Å². The minimum atomic E-state index is 0. The predicted octanol–water partition coefficient (Wildman–Crippen LogP) is 7.78. The van der Waals surface area contributed by atoms with Crippen molar-refractivity contribution in [2.45, 2.75) is 93.9 Å². The topological polar surface area (TPSA) is 52.9 Å². The number of unbranched alkanes of at least 4 members (excludes halogenated alkanes) is 1. The maximum atomic E-state index is 4.90. The van der Waals surface area contributed by atoms with Crippen molar-refractivity contribution in [1.29, 1.82) is 0 Å². The number of aromatic nitrogens is 2. The Balaban J connectivity index is 0.00000380. The average Bonchev–Trinajstić information content (AvgIpc) is 3.54. The third-order valence-electron chi connectivity index (χ3n) is 7.85. The molecule has 4 rings (SSSR count). The largest absolute Gasteiger partial charge is 2.00 e. The van der Waals surface area contributed by atoms with E-state index in [4.69, 9.17) is 9.98 Å². The van der Waals surface area contributed by atoms with Gasteiger partial charge in [-0.15, -0.1) is 11.4 Å². The van der Waals surface area contributed by atoms with Crippen molar-refractivity contribution < 1.29 is 19.5 Å². The van der Waals surface area contributed by atoms with Crippen LogP contribution in [0.4, 0.5) is 0 Å². The van der Waals surface area contributed by atoms with E-state index in [1.54, 1.807) is 0 Å². The van der Waals surface area contributed by atoms with Gasteiger partial charge in [-0.1, -0.05) is 55.2 Å². The number of rotatable bonds is 9. The molecule has 190 valence electrons. The van der Waals surface area contributed by atoms with E-state index in [0.717, 1.165) is 72.7 Å². The Morgan fingerprint density at radius 2 is 1.51 bits per heavy atom. The summed E-state index contributed by atoms with van der Waals surface area (Å²) >= 11 is 0. The molecule has 0 aromatic carbocycles. The second-order valence-electron chi connectivity index (χ2n) is 10.2. The predicted molar refractivity (Wildman–Crippen MR) is 154 cm³/mol. The minimum Gasteiger partial charge on any atom is -0.664 e. The fourth-order valence-corrected chi connectivity index (χ4v) is 5.61. The Morgan fingerprint density at radius 3 is 2.22 bits per heavy atom. The Kier molecular flexibility index (Phi) is 9.70. The van der Waals surface area contributed by atoms with Crippen molar-refractivity contribution in [1.82, 2.24) is 9.97 Å². The molecule has 2 aromatic heterocycles. The van der Waals surface area contributed by atoms with Gasteiger partial charge in [-0.2, -0.15) is 11.9 Å². The van der Waals surface area contributed by atoms with E-state index < -0.39 is 0 Å². The molecule has 0 saturated carbocycles. The van der Waals surface area contributed by atoms with Crippen molar-refractivity contribution in [2.75, 3.05) is 0 Å². The molecule has 0 spiro atoms. The molecular formula is C32H40N4Zn. The summed E-state index contributed by atoms with van der Waals surface area (Å²) in [6.07, 6.45) is 14.7. The van der Waals surface area contributed by atoms with E-state index >= 15 is 0 Å². The normalized spacial score (nSPS) is 17.6. The Labute approximate surface area is 236 Å². The van der Waals surface area contributed by atoms with Crippen LogP contribution in [0.15, 0.2) is 49.9 Å². The molecule has 37 heavy (non-hydrogen) atoms. The summed E-state index contributed by atoms with van der Waals surface area (Å²) in [6, 6.07) is 0. The number of aliphatic imine (C=N–C) groups is 2. The van der Waals surface area contributed by atoms with Gasteiger partial charge in [0.05, 0.1) is 11.4 Å². The molecule has 0 atom stereocenters. The van der Waals surface area contributed by atoms with Crippen LogP contribution in [0, 0.1) is 20.8 Å². The van der Waals surface area contributed by atoms with Crippen molar-refractivity contribution in [3.05, 3.63) is 79.2 Å². The molecule has 2 aromatic rings. The van der Waals surface area contributed by atoms with E-state index in [1.807, 2.05) is 12.4 Å². The zero-order chi connectivity index (χ0) is 26.0. The number of hydrogen-bond acceptors (Lipinski definition) is 2. The molecular weight excluding hydrogens is 506 g/mol. The van der Waals surface area contributed by atoms with Crippen molar-refractivity contribution in [3.8, 4) is 0 Å². The first-order chi connectivity index (χ1) is 17.2. The molecule has 5 heteroatoms. The first kappa shape index (κ1) is 29.0. The second-order valence-corrected chi connectivity index (χ2v) is 10.2. The summed E-state index contributed by atoms with van der Waals surface area (Å²) < 4.78 is 0. The summed E-state index contributed by atoms with van der Waals surface area (Å²) in [7, 11) is 0. The van der Waals surface area contributed by atoms with E-state index in [1.165, 1.54) is 44.5 Å². The molecule has 2 aliphatic heterocycles. The van der Waals surface area contributed by atoms with Gasteiger partial charge in [0, 0.05) is 11.9 Å². The average molecular weight is 546 g/mol. The maximum absolute atomic E-state index is 4.90. The monoisotopic (exact) mass is 544 g/mol. The van der Waals surface area contributed by atoms with Crippen LogP contribution in [0.25, 0.3) is 12.2 Å². The zero-order valence-corrected chi connectivity index (χ0v) is 27.0. The van der Waals surface area contributed by atoms with Crippen LogP contribution in [0.2, 0.25) is 0 Å². The van der Waals surface area contributed by atoms with Gasteiger partial charge < -0.3 is 9.97 Å². The van der Waals surface area contributed by atoms with Gasteiger partial charge in [0.1, 0.15) is 0 Å². The van der Waals surface area contributed by atoms with Crippen LogP contribution < -0.4 is 9.97 Å². The number of hydrogen-bond donors (Lipinski definition) is 0. The van der Waals surface area contributed by atoms with Gasteiger partial charge in [0.25, 0.3) is 0 Å². The van der Waals surface area contributed by atoms with Gasteiger partial charge >= 0.3 is 19.5 Å². The smallest absolute Gasteiger partial charge is 0.664 e. The van der Waals surface area contributed by atoms with Crippen molar-refractivity contribution in [2.24, 2.45) is 9.98 Å². The molecule has 0 amide bonds. The fraction of sp³-hybridized carbons (Fsp3) is 0.438.